The molecule has 0 unspecified atom stereocenters. The molecule has 1 heterocycles. The summed E-state index contributed by atoms with van der Waals surface area (Å²) < 4.78 is 43.6. The number of ether oxygens (including phenoxy) is 1. The van der Waals surface area contributed by atoms with Crippen LogP contribution in [0.25, 0.3) is 0 Å². The Morgan fingerprint density at radius 2 is 1.83 bits per heavy atom. The Hall–Kier alpha value is -2.29. The number of halogens is 3. The monoisotopic (exact) mass is 416 g/mol. The molecule has 2 amide bonds. The molecule has 2 N–H and O–H groups in total. The zero-order valence-corrected chi connectivity index (χ0v) is 17.1. The fourth-order valence-corrected chi connectivity index (χ4v) is 3.14. The van der Waals surface area contributed by atoms with Gasteiger partial charge in [0.15, 0.2) is 0 Å². The van der Waals surface area contributed by atoms with Crippen LogP contribution in [0.5, 0.6) is 0 Å². The Morgan fingerprint density at radius 1 is 1.17 bits per heavy atom. The molecule has 1 fully saturated rings. The van der Waals surface area contributed by atoms with Crippen LogP contribution in [0.3, 0.4) is 0 Å². The van der Waals surface area contributed by atoms with Gasteiger partial charge in [-0.25, -0.2) is 4.79 Å². The Bertz CT molecular complexity index is 709. The minimum atomic E-state index is -4.34. The molecule has 1 aliphatic heterocycles. The number of piperazine rings is 1. The minimum Gasteiger partial charge on any atom is -0.444 e. The molecule has 9 heteroatoms. The number of amides is 2. The van der Waals surface area contributed by atoms with Gasteiger partial charge in [-0.1, -0.05) is 12.1 Å². The number of quaternary nitrogens is 1. The SMILES string of the molecule is CC(C)(C)OC(=O)NCCC(=O)N1CC[NH+](Cc2cccc(C(F)(F)F)c2)CC1. The highest BCUT2D eigenvalue weighted by Crippen LogP contribution is 2.29. The van der Waals surface area contributed by atoms with Crippen LogP contribution in [0.2, 0.25) is 0 Å². The molecular formula is C20H29F3N3O3+. The summed E-state index contributed by atoms with van der Waals surface area (Å²) in [5, 5.41) is 2.56. The van der Waals surface area contributed by atoms with Gasteiger partial charge in [0.1, 0.15) is 12.1 Å². The average molecular weight is 416 g/mol. The van der Waals surface area contributed by atoms with Crippen molar-refractivity contribution in [1.82, 2.24) is 10.2 Å². The summed E-state index contributed by atoms with van der Waals surface area (Å²) in [5.74, 6) is -0.0563. The molecule has 0 aliphatic carbocycles. The zero-order valence-electron chi connectivity index (χ0n) is 17.1. The molecule has 6 nitrogen and oxygen atoms in total. The van der Waals surface area contributed by atoms with Gasteiger partial charge >= 0.3 is 12.3 Å². The number of benzene rings is 1. The van der Waals surface area contributed by atoms with Gasteiger partial charge in [-0.15, -0.1) is 0 Å². The Kier molecular flexibility index (Phi) is 7.51. The van der Waals surface area contributed by atoms with E-state index < -0.39 is 23.4 Å². The van der Waals surface area contributed by atoms with Gasteiger partial charge in [0, 0.05) is 18.5 Å². The van der Waals surface area contributed by atoms with Crippen LogP contribution >= 0.6 is 0 Å². The van der Waals surface area contributed by atoms with E-state index in [9.17, 15) is 22.8 Å². The molecule has 0 spiro atoms. The summed E-state index contributed by atoms with van der Waals surface area (Å²) >= 11 is 0. The van der Waals surface area contributed by atoms with Gasteiger partial charge in [-0.2, -0.15) is 13.2 Å². The van der Waals surface area contributed by atoms with Crippen LogP contribution in [-0.4, -0.2) is 55.2 Å². The van der Waals surface area contributed by atoms with E-state index in [1.807, 2.05) is 0 Å². The fourth-order valence-electron chi connectivity index (χ4n) is 3.14. The van der Waals surface area contributed by atoms with Crippen LogP contribution in [0.1, 0.15) is 38.3 Å². The molecule has 1 aliphatic rings. The Balaban J connectivity index is 1.73. The number of nitrogens with one attached hydrogen (secondary N) is 2. The second kappa shape index (κ2) is 9.47. The lowest BCUT2D eigenvalue weighted by Gasteiger charge is -2.32. The van der Waals surface area contributed by atoms with Gasteiger partial charge in [0.05, 0.1) is 31.7 Å². The lowest BCUT2D eigenvalue weighted by atomic mass is 10.1. The van der Waals surface area contributed by atoms with E-state index in [1.54, 1.807) is 31.7 Å². The lowest BCUT2D eigenvalue weighted by molar-refractivity contribution is -0.917. The van der Waals surface area contributed by atoms with Crippen molar-refractivity contribution in [2.24, 2.45) is 0 Å². The summed E-state index contributed by atoms with van der Waals surface area (Å²) in [4.78, 5) is 26.7. The van der Waals surface area contributed by atoms with Gasteiger partial charge in [0.2, 0.25) is 5.91 Å². The summed E-state index contributed by atoms with van der Waals surface area (Å²) in [6, 6.07) is 5.38. The van der Waals surface area contributed by atoms with Gasteiger partial charge in [-0.05, 0) is 32.9 Å². The molecule has 162 valence electrons. The fraction of sp³-hybridized carbons (Fsp3) is 0.600. The van der Waals surface area contributed by atoms with Gasteiger partial charge in [-0.3, -0.25) is 4.79 Å². The summed E-state index contributed by atoms with van der Waals surface area (Å²) in [5.41, 5.74) is -0.593. The third kappa shape index (κ3) is 7.92. The molecule has 2 rings (SSSR count). The topological polar surface area (TPSA) is 63.1 Å². The highest BCUT2D eigenvalue weighted by Gasteiger charge is 2.31. The van der Waals surface area contributed by atoms with E-state index in [0.29, 0.717) is 38.3 Å². The van der Waals surface area contributed by atoms with Crippen LogP contribution in [0, 0.1) is 0 Å². The third-order valence-electron chi connectivity index (χ3n) is 4.54. The highest BCUT2D eigenvalue weighted by molar-refractivity contribution is 5.77. The molecule has 0 aromatic heterocycles. The number of hydrogen-bond acceptors (Lipinski definition) is 3. The number of alkyl halides is 3. The maximum atomic E-state index is 12.8. The molecule has 0 atom stereocenters. The van der Waals surface area contributed by atoms with Gasteiger partial charge in [0.25, 0.3) is 0 Å². The van der Waals surface area contributed by atoms with Crippen molar-refractivity contribution in [3.8, 4) is 0 Å². The van der Waals surface area contributed by atoms with Crippen LogP contribution in [-0.2, 0) is 22.3 Å². The van der Waals surface area contributed by atoms with Crippen molar-refractivity contribution in [2.45, 2.75) is 45.5 Å². The van der Waals surface area contributed by atoms with Crippen molar-refractivity contribution in [3.63, 3.8) is 0 Å². The van der Waals surface area contributed by atoms with E-state index in [2.05, 4.69) is 5.32 Å². The van der Waals surface area contributed by atoms with Crippen molar-refractivity contribution in [3.05, 3.63) is 35.4 Å². The summed E-state index contributed by atoms with van der Waals surface area (Å²) in [6.07, 6.45) is -4.72. The minimum absolute atomic E-state index is 0.0563. The molecule has 0 radical (unpaired) electrons. The predicted octanol–water partition coefficient (Wildman–Crippen LogP) is 1.85. The largest absolute Gasteiger partial charge is 0.444 e. The first-order chi connectivity index (χ1) is 13.4. The maximum absolute atomic E-state index is 12.8. The standard InChI is InChI=1S/C20H28F3N3O3/c1-19(2,3)29-18(28)24-8-7-17(27)26-11-9-25(10-12-26)14-15-5-4-6-16(13-15)20(21,22)23/h4-6,13H,7-12,14H2,1-3H3,(H,24,28)/p+1. The second-order valence-electron chi connectivity index (χ2n) is 8.18. The summed E-state index contributed by atoms with van der Waals surface area (Å²) in [6.45, 7) is 8.40. The zero-order chi connectivity index (χ0) is 21.7. The molecule has 0 bridgehead atoms. The lowest BCUT2D eigenvalue weighted by Crippen LogP contribution is -3.13. The van der Waals surface area contributed by atoms with Crippen molar-refractivity contribution in [2.75, 3.05) is 32.7 Å². The first-order valence-corrected chi connectivity index (χ1v) is 9.68. The number of carbonyl (C=O) groups excluding carboxylic acids is 2. The van der Waals surface area contributed by atoms with E-state index in [0.717, 1.165) is 11.0 Å². The number of alkyl carbamates (subject to hydrolysis) is 1. The van der Waals surface area contributed by atoms with E-state index in [1.165, 1.54) is 12.1 Å². The first kappa shape index (κ1) is 23.0. The van der Waals surface area contributed by atoms with E-state index >= 15 is 0 Å². The molecule has 1 aromatic carbocycles. The maximum Gasteiger partial charge on any atom is 0.416 e. The second-order valence-corrected chi connectivity index (χ2v) is 8.18. The van der Waals surface area contributed by atoms with Crippen molar-refractivity contribution in [1.29, 1.82) is 0 Å². The molecule has 29 heavy (non-hydrogen) atoms. The molecular weight excluding hydrogens is 387 g/mol. The van der Waals surface area contributed by atoms with Crippen molar-refractivity contribution < 1.29 is 32.4 Å². The quantitative estimate of drug-likeness (QED) is 0.770. The van der Waals surface area contributed by atoms with Crippen LogP contribution < -0.4 is 10.2 Å². The van der Waals surface area contributed by atoms with Gasteiger partial charge < -0.3 is 19.9 Å². The van der Waals surface area contributed by atoms with E-state index in [4.69, 9.17) is 4.74 Å². The Morgan fingerprint density at radius 3 is 2.41 bits per heavy atom. The average Bonchev–Trinajstić information content (AvgIpc) is 2.60. The molecule has 1 aromatic rings. The van der Waals surface area contributed by atoms with Crippen molar-refractivity contribution >= 4 is 12.0 Å². The molecule has 1 saturated heterocycles. The summed E-state index contributed by atoms with van der Waals surface area (Å²) in [7, 11) is 0. The first-order valence-electron chi connectivity index (χ1n) is 9.68. The van der Waals surface area contributed by atoms with E-state index in [-0.39, 0.29) is 18.9 Å². The number of nitrogens with zero attached hydrogens (tertiary/aromatic N) is 1. The third-order valence-corrected chi connectivity index (χ3v) is 4.54. The predicted molar refractivity (Wildman–Crippen MR) is 101 cm³/mol. The van der Waals surface area contributed by atoms with Crippen LogP contribution in [0.15, 0.2) is 24.3 Å². The smallest absolute Gasteiger partial charge is 0.416 e. The molecule has 0 saturated carbocycles. The van der Waals surface area contributed by atoms with Crippen LogP contribution in [0.4, 0.5) is 18.0 Å². The highest BCUT2D eigenvalue weighted by atomic mass is 19.4. The Labute approximate surface area is 169 Å². The normalized spacial score (nSPS) is 15.9. The number of rotatable bonds is 5. The number of carbonyl (C=O) groups is 2. The number of hydrogen-bond donors (Lipinski definition) is 2.